The van der Waals surface area contributed by atoms with E-state index < -0.39 is 21.6 Å². The summed E-state index contributed by atoms with van der Waals surface area (Å²) in [5.41, 5.74) is 2.30. The van der Waals surface area contributed by atoms with Gasteiger partial charge in [-0.25, -0.2) is 8.42 Å². The van der Waals surface area contributed by atoms with E-state index in [1.54, 1.807) is 23.8 Å². The molecule has 3 aromatic rings. The van der Waals surface area contributed by atoms with Gasteiger partial charge in [0.25, 0.3) is 0 Å². The molecule has 3 rings (SSSR count). The van der Waals surface area contributed by atoms with E-state index in [4.69, 9.17) is 5.11 Å². The minimum Gasteiger partial charge on any atom is -0.395 e. The number of sulfone groups is 1. The van der Waals surface area contributed by atoms with Crippen molar-refractivity contribution in [1.29, 1.82) is 0 Å². The molecule has 0 atom stereocenters. The largest absolute Gasteiger partial charge is 0.417 e. The lowest BCUT2D eigenvalue weighted by Gasteiger charge is -2.15. The Balaban J connectivity index is 0.000000257. The molecule has 1 amide bonds. The summed E-state index contributed by atoms with van der Waals surface area (Å²) in [6, 6.07) is 11.5. The van der Waals surface area contributed by atoms with Crippen LogP contribution in [-0.4, -0.2) is 37.4 Å². The van der Waals surface area contributed by atoms with Gasteiger partial charge in [-0.3, -0.25) is 4.79 Å². The van der Waals surface area contributed by atoms with Gasteiger partial charge in [0.15, 0.2) is 9.84 Å². The number of aromatic nitrogens is 1. The lowest BCUT2D eigenvalue weighted by atomic mass is 10.0. The van der Waals surface area contributed by atoms with E-state index >= 15 is 0 Å². The third-order valence-electron chi connectivity index (χ3n) is 4.92. The molecule has 1 aromatic heterocycles. The predicted octanol–water partition coefficient (Wildman–Crippen LogP) is 4.44. The fraction of sp³-hybridized carbons (Fsp3) is 0.261. The topological polar surface area (TPSA) is 88.4 Å². The van der Waals surface area contributed by atoms with Crippen molar-refractivity contribution in [2.45, 2.75) is 31.5 Å². The lowest BCUT2D eigenvalue weighted by Crippen LogP contribution is -2.10. The minimum atomic E-state index is -4.40. The average molecular weight is 483 g/mol. The smallest absolute Gasteiger partial charge is 0.395 e. The van der Waals surface area contributed by atoms with E-state index in [1.807, 2.05) is 6.92 Å². The molecule has 10 heteroatoms. The molecule has 0 radical (unpaired) electrons. The molecule has 1 heterocycles. The Morgan fingerprint density at radius 1 is 1.06 bits per heavy atom. The maximum atomic E-state index is 13.1. The highest BCUT2D eigenvalue weighted by atomic mass is 32.2. The van der Waals surface area contributed by atoms with Crippen molar-refractivity contribution in [1.82, 2.24) is 4.57 Å². The second-order valence-corrected chi connectivity index (χ2v) is 9.32. The van der Waals surface area contributed by atoms with Crippen molar-refractivity contribution in [2.24, 2.45) is 0 Å². The fourth-order valence-electron chi connectivity index (χ4n) is 3.24. The second-order valence-electron chi connectivity index (χ2n) is 7.30. The Labute approximate surface area is 190 Å². The summed E-state index contributed by atoms with van der Waals surface area (Å²) < 4.78 is 63.1. The number of aliphatic hydroxyl groups excluding tert-OH is 1. The first kappa shape index (κ1) is 26.1. The number of rotatable bonds is 6. The predicted molar refractivity (Wildman–Crippen MR) is 121 cm³/mol. The van der Waals surface area contributed by atoms with Crippen molar-refractivity contribution in [2.75, 3.05) is 18.2 Å². The van der Waals surface area contributed by atoms with E-state index in [-0.39, 0.29) is 23.6 Å². The molecule has 0 saturated heterocycles. The number of hydrogen-bond donors (Lipinski definition) is 2. The molecule has 2 N–H and O–H groups in total. The molecule has 0 aliphatic rings. The van der Waals surface area contributed by atoms with Crippen LogP contribution in [0.4, 0.5) is 18.9 Å². The van der Waals surface area contributed by atoms with Crippen molar-refractivity contribution < 1.29 is 31.5 Å². The number of benzene rings is 2. The van der Waals surface area contributed by atoms with Gasteiger partial charge in [-0.15, -0.1) is 0 Å². The van der Waals surface area contributed by atoms with Crippen LogP contribution < -0.4 is 5.32 Å². The van der Waals surface area contributed by atoms with Crippen molar-refractivity contribution in [3.8, 4) is 11.3 Å². The molecule has 2 aromatic carbocycles. The zero-order valence-corrected chi connectivity index (χ0v) is 19.2. The normalized spacial score (nSPS) is 11.5. The van der Waals surface area contributed by atoms with E-state index in [2.05, 4.69) is 5.32 Å². The molecule has 0 aliphatic heterocycles. The van der Waals surface area contributed by atoms with E-state index in [0.717, 1.165) is 23.4 Å². The number of hydrogen-bond acceptors (Lipinski definition) is 4. The van der Waals surface area contributed by atoms with Crippen LogP contribution in [0.15, 0.2) is 59.6 Å². The second kappa shape index (κ2) is 10.7. The van der Waals surface area contributed by atoms with Crippen molar-refractivity contribution in [3.63, 3.8) is 0 Å². The number of carbonyl (C=O) groups is 1. The van der Waals surface area contributed by atoms with E-state index in [1.165, 1.54) is 36.4 Å². The molecule has 6 nitrogen and oxygen atoms in total. The van der Waals surface area contributed by atoms with Gasteiger partial charge in [-0.1, -0.05) is 18.2 Å². The highest BCUT2D eigenvalue weighted by molar-refractivity contribution is 7.90. The number of halogens is 3. The summed E-state index contributed by atoms with van der Waals surface area (Å²) in [5.74, 6) is 0. The number of carbonyl (C=O) groups excluding carboxylic acids is 1. The van der Waals surface area contributed by atoms with E-state index in [9.17, 15) is 26.4 Å². The lowest BCUT2D eigenvalue weighted by molar-refractivity contribution is -0.137. The highest BCUT2D eigenvalue weighted by Gasteiger charge is 2.34. The Morgan fingerprint density at radius 2 is 1.67 bits per heavy atom. The Morgan fingerprint density at radius 3 is 2.18 bits per heavy atom. The summed E-state index contributed by atoms with van der Waals surface area (Å²) in [7, 11) is -3.15. The van der Waals surface area contributed by atoms with Gasteiger partial charge in [-0.2, -0.15) is 13.2 Å². The summed E-state index contributed by atoms with van der Waals surface area (Å²) in [6.07, 6.45) is -0.954. The number of amides is 1. The first-order chi connectivity index (χ1) is 15.4. The highest BCUT2D eigenvalue weighted by Crippen LogP contribution is 2.39. The number of aryl methyl sites for hydroxylation is 1. The van der Waals surface area contributed by atoms with E-state index in [0.29, 0.717) is 17.8 Å². The third-order valence-corrected chi connectivity index (χ3v) is 6.05. The summed E-state index contributed by atoms with van der Waals surface area (Å²) >= 11 is 0. The molecule has 0 aliphatic carbocycles. The Bertz CT molecular complexity index is 1200. The van der Waals surface area contributed by atoms with Gasteiger partial charge in [-0.05, 0) is 55.3 Å². The maximum absolute atomic E-state index is 13.1. The standard InChI is InChI=1S/C15H16F3NO.C8H9NO3S/c1-10-9-19(7-8-20)14(11(10)2)12-5-3-4-6-13(12)15(16,17)18;1-13(11,12)8-4-2-7(3-5-8)9-6-10/h3-6,9,20H,7-8H2,1-2H3;2-6H,1H3,(H,9,10). The van der Waals surface area contributed by atoms with Crippen LogP contribution in [0.2, 0.25) is 0 Å². The third kappa shape index (κ3) is 6.69. The van der Waals surface area contributed by atoms with Crippen molar-refractivity contribution in [3.05, 3.63) is 71.4 Å². The van der Waals surface area contributed by atoms with Crippen LogP contribution in [0.5, 0.6) is 0 Å². The Kier molecular flexibility index (Phi) is 8.45. The number of nitrogens with one attached hydrogen (secondary N) is 1. The Hall–Kier alpha value is -3.11. The van der Waals surface area contributed by atoms with Gasteiger partial charge in [0.2, 0.25) is 6.41 Å². The van der Waals surface area contributed by atoms with Gasteiger partial charge in [0.05, 0.1) is 22.8 Å². The monoisotopic (exact) mass is 482 g/mol. The molecule has 0 unspecified atom stereocenters. The zero-order chi connectivity index (χ0) is 24.8. The number of alkyl halides is 3. The summed E-state index contributed by atoms with van der Waals surface area (Å²) in [4.78, 5) is 10.3. The molecular formula is C23H25F3N2O4S. The van der Waals surface area contributed by atoms with Gasteiger partial charge in [0, 0.05) is 30.2 Å². The van der Waals surface area contributed by atoms with Crippen LogP contribution >= 0.6 is 0 Å². The minimum absolute atomic E-state index is 0.116. The molecule has 0 saturated carbocycles. The zero-order valence-electron chi connectivity index (χ0n) is 18.3. The first-order valence-electron chi connectivity index (χ1n) is 9.84. The maximum Gasteiger partial charge on any atom is 0.417 e. The fourth-order valence-corrected chi connectivity index (χ4v) is 3.87. The molecule has 0 fully saturated rings. The number of anilines is 1. The molecule has 0 spiro atoms. The summed E-state index contributed by atoms with van der Waals surface area (Å²) in [6.45, 7) is 3.81. The van der Waals surface area contributed by atoms with Crippen LogP contribution in [0.25, 0.3) is 11.3 Å². The van der Waals surface area contributed by atoms with Crippen LogP contribution in [0.3, 0.4) is 0 Å². The summed E-state index contributed by atoms with van der Waals surface area (Å²) in [5, 5.41) is 11.5. The van der Waals surface area contributed by atoms with Crippen LogP contribution in [0, 0.1) is 13.8 Å². The molecule has 178 valence electrons. The van der Waals surface area contributed by atoms with Gasteiger partial charge < -0.3 is 15.0 Å². The molecular weight excluding hydrogens is 457 g/mol. The van der Waals surface area contributed by atoms with Crippen molar-refractivity contribution >= 4 is 21.9 Å². The number of aliphatic hydroxyl groups is 1. The SMILES string of the molecule is CS(=O)(=O)c1ccc(NC=O)cc1.Cc1cn(CCO)c(-c2ccccc2C(F)(F)F)c1C. The molecule has 33 heavy (non-hydrogen) atoms. The first-order valence-corrected chi connectivity index (χ1v) is 11.7. The average Bonchev–Trinajstić information content (AvgIpc) is 3.01. The number of nitrogens with zero attached hydrogens (tertiary/aromatic N) is 1. The molecule has 0 bridgehead atoms. The van der Waals surface area contributed by atoms with Gasteiger partial charge in [0.1, 0.15) is 0 Å². The van der Waals surface area contributed by atoms with Crippen LogP contribution in [-0.2, 0) is 27.4 Å². The van der Waals surface area contributed by atoms with Crippen LogP contribution in [0.1, 0.15) is 16.7 Å². The quantitative estimate of drug-likeness (QED) is 0.509. The van der Waals surface area contributed by atoms with Gasteiger partial charge >= 0.3 is 6.18 Å².